The largest absolute Gasteiger partial charge is 0.381 e. The number of thiophene rings is 1. The summed E-state index contributed by atoms with van der Waals surface area (Å²) in [4.78, 5) is 18.3. The summed E-state index contributed by atoms with van der Waals surface area (Å²) in [6.07, 6.45) is 8.89. The van der Waals surface area contributed by atoms with E-state index < -0.39 is 0 Å². The molecule has 150 valence electrons. The van der Waals surface area contributed by atoms with Gasteiger partial charge in [0.25, 0.3) is 0 Å². The van der Waals surface area contributed by atoms with Crippen LogP contribution < -0.4 is 4.90 Å². The summed E-state index contributed by atoms with van der Waals surface area (Å²) in [5, 5.41) is 1.40. The van der Waals surface area contributed by atoms with Crippen molar-refractivity contribution in [3.63, 3.8) is 0 Å². The molecule has 2 aromatic heterocycles. The molecule has 6 heteroatoms. The lowest BCUT2D eigenvalue weighted by Gasteiger charge is -2.36. The van der Waals surface area contributed by atoms with Crippen molar-refractivity contribution in [2.45, 2.75) is 50.9 Å². The van der Waals surface area contributed by atoms with Crippen LogP contribution in [-0.2, 0) is 17.6 Å². The summed E-state index contributed by atoms with van der Waals surface area (Å²) in [5.74, 6) is 3.73. The minimum Gasteiger partial charge on any atom is -0.381 e. The highest BCUT2D eigenvalue weighted by molar-refractivity contribution is 7.19. The normalized spacial score (nSPS) is 26.1. The Morgan fingerprint density at radius 3 is 2.64 bits per heavy atom. The van der Waals surface area contributed by atoms with Gasteiger partial charge < -0.3 is 9.64 Å². The smallest absolute Gasteiger partial charge is 0.141 e. The highest BCUT2D eigenvalue weighted by atomic mass is 32.1. The Bertz CT molecular complexity index is 863. The second-order valence-electron chi connectivity index (χ2n) is 9.09. The van der Waals surface area contributed by atoms with Crippen LogP contribution in [0.5, 0.6) is 0 Å². The maximum atomic E-state index is 5.57. The molecule has 0 amide bonds. The summed E-state index contributed by atoms with van der Waals surface area (Å²) >= 11 is 1.96. The van der Waals surface area contributed by atoms with Crippen LogP contribution in [0.2, 0.25) is 0 Å². The quantitative estimate of drug-likeness (QED) is 0.787. The lowest BCUT2D eigenvalue weighted by Crippen LogP contribution is -2.48. The van der Waals surface area contributed by atoms with Gasteiger partial charge in [-0.25, -0.2) is 9.97 Å². The molecule has 1 atom stereocenters. The van der Waals surface area contributed by atoms with Crippen LogP contribution in [0.3, 0.4) is 0 Å². The highest BCUT2D eigenvalue weighted by Crippen LogP contribution is 2.44. The first-order chi connectivity index (χ1) is 13.8. The monoisotopic (exact) mass is 398 g/mol. The Labute approximate surface area is 171 Å². The molecular formula is C22H30N4OS. The standard InChI is InChI=1S/C22H30N4OS/c1-2-4-18-17(3-1)19-21(23-20(16-5-6-16)24-22(19)28-18)26-10-8-25(9-11-26)13-15-7-12-27-14-15/h15-16H,1-14H2. The molecule has 2 aliphatic heterocycles. The van der Waals surface area contributed by atoms with Crippen molar-refractivity contribution >= 4 is 27.4 Å². The molecule has 2 aliphatic carbocycles. The first-order valence-electron chi connectivity index (χ1n) is 11.2. The van der Waals surface area contributed by atoms with Gasteiger partial charge in [0.1, 0.15) is 16.5 Å². The highest BCUT2D eigenvalue weighted by Gasteiger charge is 2.31. The van der Waals surface area contributed by atoms with E-state index in [4.69, 9.17) is 14.7 Å². The summed E-state index contributed by atoms with van der Waals surface area (Å²) < 4.78 is 5.57. The van der Waals surface area contributed by atoms with Crippen molar-refractivity contribution in [2.75, 3.05) is 50.8 Å². The van der Waals surface area contributed by atoms with Gasteiger partial charge in [0.15, 0.2) is 0 Å². The van der Waals surface area contributed by atoms with E-state index in [0.29, 0.717) is 5.92 Å². The molecule has 2 saturated heterocycles. The van der Waals surface area contributed by atoms with E-state index in [9.17, 15) is 0 Å². The van der Waals surface area contributed by atoms with Crippen LogP contribution >= 0.6 is 11.3 Å². The molecule has 1 unspecified atom stereocenters. The number of anilines is 1. The molecule has 6 rings (SSSR count). The SMILES string of the molecule is C1CCc2c(sc3nc(C4CC4)nc(N4CCN(CC5CCOC5)CC4)c23)C1. The lowest BCUT2D eigenvalue weighted by atomic mass is 9.96. The van der Waals surface area contributed by atoms with Crippen molar-refractivity contribution < 1.29 is 4.74 Å². The molecule has 0 bridgehead atoms. The average Bonchev–Trinajstić information content (AvgIpc) is 3.33. The molecule has 0 radical (unpaired) electrons. The summed E-state index contributed by atoms with van der Waals surface area (Å²) in [6.45, 7) is 7.59. The second kappa shape index (κ2) is 7.22. The van der Waals surface area contributed by atoms with Crippen LogP contribution in [-0.4, -0.2) is 60.8 Å². The molecule has 4 heterocycles. The molecule has 1 saturated carbocycles. The van der Waals surface area contributed by atoms with Gasteiger partial charge in [-0.1, -0.05) is 0 Å². The zero-order chi connectivity index (χ0) is 18.5. The van der Waals surface area contributed by atoms with Gasteiger partial charge in [0.2, 0.25) is 0 Å². The van der Waals surface area contributed by atoms with E-state index in [1.807, 2.05) is 11.3 Å². The number of hydrogen-bond donors (Lipinski definition) is 0. The average molecular weight is 399 g/mol. The molecule has 5 nitrogen and oxygen atoms in total. The molecule has 0 N–H and O–H groups in total. The van der Waals surface area contributed by atoms with Crippen LogP contribution in [0.4, 0.5) is 5.82 Å². The van der Waals surface area contributed by atoms with E-state index in [1.54, 1.807) is 10.4 Å². The molecule has 4 aliphatic rings. The minimum atomic E-state index is 0.617. The van der Waals surface area contributed by atoms with Crippen molar-refractivity contribution in [1.82, 2.24) is 14.9 Å². The van der Waals surface area contributed by atoms with Crippen molar-refractivity contribution in [3.8, 4) is 0 Å². The van der Waals surface area contributed by atoms with Gasteiger partial charge in [0.05, 0.1) is 12.0 Å². The fraction of sp³-hybridized carbons (Fsp3) is 0.727. The predicted octanol–water partition coefficient (Wildman–Crippen LogP) is 3.61. The fourth-order valence-corrected chi connectivity index (χ4v) is 6.40. The number of nitrogens with zero attached hydrogens (tertiary/aromatic N) is 4. The number of piperazine rings is 1. The number of fused-ring (bicyclic) bond motifs is 3. The topological polar surface area (TPSA) is 41.5 Å². The zero-order valence-electron chi connectivity index (χ0n) is 16.7. The third-order valence-electron chi connectivity index (χ3n) is 6.97. The van der Waals surface area contributed by atoms with E-state index in [2.05, 4.69) is 9.80 Å². The molecule has 3 fully saturated rings. The number of hydrogen-bond acceptors (Lipinski definition) is 6. The van der Waals surface area contributed by atoms with Gasteiger partial charge in [-0.2, -0.15) is 0 Å². The molecular weight excluding hydrogens is 368 g/mol. The Kier molecular flexibility index (Phi) is 4.54. The van der Waals surface area contributed by atoms with Gasteiger partial charge in [-0.15, -0.1) is 11.3 Å². The third kappa shape index (κ3) is 3.23. The maximum absolute atomic E-state index is 5.57. The van der Waals surface area contributed by atoms with Crippen molar-refractivity contribution in [2.24, 2.45) is 5.92 Å². The van der Waals surface area contributed by atoms with Gasteiger partial charge in [0, 0.05) is 50.1 Å². The first kappa shape index (κ1) is 17.6. The zero-order valence-corrected chi connectivity index (χ0v) is 17.5. The van der Waals surface area contributed by atoms with E-state index in [0.717, 1.165) is 51.1 Å². The van der Waals surface area contributed by atoms with Gasteiger partial charge in [-0.05, 0) is 56.4 Å². The molecule has 28 heavy (non-hydrogen) atoms. The van der Waals surface area contributed by atoms with Crippen molar-refractivity contribution in [1.29, 1.82) is 0 Å². The predicted molar refractivity (Wildman–Crippen MR) is 114 cm³/mol. The van der Waals surface area contributed by atoms with E-state index in [-0.39, 0.29) is 0 Å². The molecule has 0 spiro atoms. The summed E-state index contributed by atoms with van der Waals surface area (Å²) in [5.41, 5.74) is 1.58. The molecule has 0 aromatic carbocycles. The number of aromatic nitrogens is 2. The minimum absolute atomic E-state index is 0.617. The summed E-state index contributed by atoms with van der Waals surface area (Å²) in [6, 6.07) is 0. The number of rotatable bonds is 4. The van der Waals surface area contributed by atoms with Crippen LogP contribution in [0.1, 0.15) is 54.3 Å². The Hall–Kier alpha value is -1.24. The van der Waals surface area contributed by atoms with Gasteiger partial charge >= 0.3 is 0 Å². The van der Waals surface area contributed by atoms with Crippen LogP contribution in [0, 0.1) is 5.92 Å². The Morgan fingerprint density at radius 2 is 1.86 bits per heavy atom. The van der Waals surface area contributed by atoms with Gasteiger partial charge in [-0.3, -0.25) is 4.90 Å². The number of aryl methyl sites for hydroxylation is 2. The van der Waals surface area contributed by atoms with E-state index >= 15 is 0 Å². The Morgan fingerprint density at radius 1 is 1.00 bits per heavy atom. The maximum Gasteiger partial charge on any atom is 0.141 e. The van der Waals surface area contributed by atoms with E-state index in [1.165, 1.54) is 67.5 Å². The van der Waals surface area contributed by atoms with Crippen LogP contribution in [0.15, 0.2) is 0 Å². The second-order valence-corrected chi connectivity index (χ2v) is 10.2. The fourth-order valence-electron chi connectivity index (χ4n) is 5.14. The Balaban J connectivity index is 1.28. The lowest BCUT2D eigenvalue weighted by molar-refractivity contribution is 0.164. The molecule has 2 aromatic rings. The summed E-state index contributed by atoms with van der Waals surface area (Å²) in [7, 11) is 0. The third-order valence-corrected chi connectivity index (χ3v) is 8.15. The van der Waals surface area contributed by atoms with Crippen LogP contribution in [0.25, 0.3) is 10.2 Å². The number of ether oxygens (including phenoxy) is 1. The first-order valence-corrected chi connectivity index (χ1v) is 12.0. The van der Waals surface area contributed by atoms with Crippen molar-refractivity contribution in [3.05, 3.63) is 16.3 Å².